The molecular weight excluding hydrogens is 271 g/mol. The highest BCUT2D eigenvalue weighted by atomic mass is 19.4. The number of benzene rings is 1. The molecule has 1 rings (SSSR count). The van der Waals surface area contributed by atoms with E-state index in [0.717, 1.165) is 12.1 Å². The average Bonchev–Trinajstić information content (AvgIpc) is 2.38. The molecule has 0 aliphatic carbocycles. The van der Waals surface area contributed by atoms with Crippen molar-refractivity contribution in [3.63, 3.8) is 0 Å². The lowest BCUT2D eigenvalue weighted by Gasteiger charge is -2.08. The summed E-state index contributed by atoms with van der Waals surface area (Å²) in [5.41, 5.74) is -0.136. The van der Waals surface area contributed by atoms with Crippen LogP contribution in [0, 0.1) is 0 Å². The number of esters is 1. The van der Waals surface area contributed by atoms with Crippen LogP contribution in [0.15, 0.2) is 36.4 Å². The maximum atomic E-state index is 12.5. The average molecular weight is 287 g/mol. The van der Waals surface area contributed by atoms with Crippen molar-refractivity contribution < 1.29 is 22.7 Å². The van der Waals surface area contributed by atoms with Gasteiger partial charge in [0.1, 0.15) is 0 Å². The van der Waals surface area contributed by atoms with Gasteiger partial charge in [-0.3, -0.25) is 0 Å². The molecule has 0 heterocycles. The van der Waals surface area contributed by atoms with Gasteiger partial charge in [0.15, 0.2) is 0 Å². The summed E-state index contributed by atoms with van der Waals surface area (Å²) in [5.74, 6) is -0.437. The number of carbonyl (C=O) groups is 1. The van der Waals surface area contributed by atoms with Gasteiger partial charge < -0.3 is 10.1 Å². The van der Waals surface area contributed by atoms with Crippen LogP contribution < -0.4 is 5.32 Å². The number of halogens is 3. The fraction of sp³-hybridized carbons (Fsp3) is 0.357. The third-order valence-corrected chi connectivity index (χ3v) is 2.39. The minimum Gasteiger partial charge on any atom is -0.463 e. The predicted octanol–water partition coefficient (Wildman–Crippen LogP) is 2.91. The molecule has 0 aromatic heterocycles. The van der Waals surface area contributed by atoms with E-state index in [4.69, 9.17) is 0 Å². The Morgan fingerprint density at radius 1 is 1.40 bits per heavy atom. The first kappa shape index (κ1) is 16.2. The van der Waals surface area contributed by atoms with Gasteiger partial charge in [0.2, 0.25) is 0 Å². The minimum atomic E-state index is -4.33. The van der Waals surface area contributed by atoms with E-state index in [2.05, 4.69) is 10.1 Å². The van der Waals surface area contributed by atoms with Crippen molar-refractivity contribution >= 4 is 5.97 Å². The summed E-state index contributed by atoms with van der Waals surface area (Å²) in [5, 5.41) is 2.92. The van der Waals surface area contributed by atoms with Crippen LogP contribution in [-0.4, -0.2) is 19.1 Å². The molecule has 1 aromatic carbocycles. The maximum absolute atomic E-state index is 12.5. The van der Waals surface area contributed by atoms with E-state index in [-0.39, 0.29) is 6.54 Å². The van der Waals surface area contributed by atoms with Crippen molar-refractivity contribution in [3.05, 3.63) is 47.5 Å². The van der Waals surface area contributed by atoms with E-state index in [1.54, 1.807) is 19.1 Å². The summed E-state index contributed by atoms with van der Waals surface area (Å²) in [4.78, 5) is 11.0. The number of alkyl halides is 3. The normalized spacial score (nSPS) is 11.8. The Morgan fingerprint density at radius 3 is 2.80 bits per heavy atom. The SMILES string of the molecule is CCOC(=O)/C=C/CNCc1cccc(C(F)(F)F)c1. The van der Waals surface area contributed by atoms with Gasteiger partial charge in [0.05, 0.1) is 12.2 Å². The molecule has 0 aliphatic heterocycles. The number of nitrogens with one attached hydrogen (secondary N) is 1. The summed E-state index contributed by atoms with van der Waals surface area (Å²) < 4.78 is 42.1. The Bertz CT molecular complexity index is 470. The first-order chi connectivity index (χ1) is 9.43. The first-order valence-electron chi connectivity index (χ1n) is 6.13. The van der Waals surface area contributed by atoms with Crippen LogP contribution in [0.4, 0.5) is 13.2 Å². The number of hydrogen-bond donors (Lipinski definition) is 1. The van der Waals surface area contributed by atoms with Crippen molar-refractivity contribution in [2.75, 3.05) is 13.2 Å². The van der Waals surface area contributed by atoms with Crippen LogP contribution in [0.5, 0.6) is 0 Å². The zero-order chi connectivity index (χ0) is 15.0. The number of rotatable bonds is 6. The Hall–Kier alpha value is -1.82. The zero-order valence-corrected chi connectivity index (χ0v) is 11.0. The van der Waals surface area contributed by atoms with Crippen LogP contribution in [0.3, 0.4) is 0 Å². The van der Waals surface area contributed by atoms with Crippen molar-refractivity contribution in [3.8, 4) is 0 Å². The standard InChI is InChI=1S/C14H16F3NO2/c1-2-20-13(19)7-4-8-18-10-11-5-3-6-12(9-11)14(15,16)17/h3-7,9,18H,2,8,10H2,1H3/b7-4+. The molecule has 1 aromatic rings. The van der Waals surface area contributed by atoms with Gasteiger partial charge >= 0.3 is 12.1 Å². The quantitative estimate of drug-likeness (QED) is 0.496. The molecule has 0 unspecified atom stereocenters. The summed E-state index contributed by atoms with van der Waals surface area (Å²) in [6, 6.07) is 5.11. The molecule has 0 fully saturated rings. The van der Waals surface area contributed by atoms with Gasteiger partial charge in [0.25, 0.3) is 0 Å². The molecule has 0 atom stereocenters. The topological polar surface area (TPSA) is 38.3 Å². The highest BCUT2D eigenvalue weighted by molar-refractivity contribution is 5.81. The van der Waals surface area contributed by atoms with Crippen LogP contribution in [-0.2, 0) is 22.3 Å². The number of ether oxygens (including phenoxy) is 1. The fourth-order valence-electron chi connectivity index (χ4n) is 1.50. The Labute approximate surface area is 115 Å². The highest BCUT2D eigenvalue weighted by Crippen LogP contribution is 2.29. The van der Waals surface area contributed by atoms with Gasteiger partial charge in [-0.25, -0.2) is 4.79 Å². The van der Waals surface area contributed by atoms with E-state index in [9.17, 15) is 18.0 Å². The number of hydrogen-bond acceptors (Lipinski definition) is 3. The predicted molar refractivity (Wildman–Crippen MR) is 68.9 cm³/mol. The smallest absolute Gasteiger partial charge is 0.416 e. The number of carbonyl (C=O) groups excluding carboxylic acids is 1. The van der Waals surface area contributed by atoms with Crippen molar-refractivity contribution in [2.24, 2.45) is 0 Å². The van der Waals surface area contributed by atoms with Gasteiger partial charge in [-0.15, -0.1) is 0 Å². The van der Waals surface area contributed by atoms with Gasteiger partial charge in [-0.2, -0.15) is 13.2 Å². The van der Waals surface area contributed by atoms with Crippen molar-refractivity contribution in [2.45, 2.75) is 19.6 Å². The summed E-state index contributed by atoms with van der Waals surface area (Å²) in [6.07, 6.45) is -1.49. The van der Waals surface area contributed by atoms with E-state index < -0.39 is 17.7 Å². The molecule has 3 nitrogen and oxygen atoms in total. The molecule has 0 bridgehead atoms. The second-order valence-corrected chi connectivity index (χ2v) is 3.98. The lowest BCUT2D eigenvalue weighted by Crippen LogP contribution is -2.14. The molecule has 1 N–H and O–H groups in total. The van der Waals surface area contributed by atoms with Crippen molar-refractivity contribution in [1.29, 1.82) is 0 Å². The third-order valence-electron chi connectivity index (χ3n) is 2.39. The van der Waals surface area contributed by atoms with E-state index in [1.165, 1.54) is 12.1 Å². The van der Waals surface area contributed by atoms with Crippen LogP contribution in [0.1, 0.15) is 18.1 Å². The minimum absolute atomic E-state index is 0.289. The van der Waals surface area contributed by atoms with E-state index in [0.29, 0.717) is 18.7 Å². The Kier molecular flexibility index (Phi) is 6.24. The molecule has 0 saturated carbocycles. The second kappa shape index (κ2) is 7.69. The lowest BCUT2D eigenvalue weighted by atomic mass is 10.1. The molecule has 0 amide bonds. The summed E-state index contributed by atoms with van der Waals surface area (Å²) in [7, 11) is 0. The molecule has 0 spiro atoms. The maximum Gasteiger partial charge on any atom is 0.416 e. The Balaban J connectivity index is 2.41. The molecule has 0 radical (unpaired) electrons. The first-order valence-corrected chi connectivity index (χ1v) is 6.13. The van der Waals surface area contributed by atoms with E-state index >= 15 is 0 Å². The highest BCUT2D eigenvalue weighted by Gasteiger charge is 2.30. The van der Waals surface area contributed by atoms with Crippen LogP contribution in [0.25, 0.3) is 0 Å². The Morgan fingerprint density at radius 2 is 2.15 bits per heavy atom. The third kappa shape index (κ3) is 5.88. The van der Waals surface area contributed by atoms with Gasteiger partial charge in [-0.05, 0) is 18.6 Å². The monoisotopic (exact) mass is 287 g/mol. The zero-order valence-electron chi connectivity index (χ0n) is 11.0. The van der Waals surface area contributed by atoms with Gasteiger partial charge in [-0.1, -0.05) is 24.3 Å². The fourth-order valence-corrected chi connectivity index (χ4v) is 1.50. The van der Waals surface area contributed by atoms with Crippen LogP contribution >= 0.6 is 0 Å². The summed E-state index contributed by atoms with van der Waals surface area (Å²) >= 11 is 0. The van der Waals surface area contributed by atoms with Gasteiger partial charge in [0, 0.05) is 19.2 Å². The molecule has 110 valence electrons. The largest absolute Gasteiger partial charge is 0.463 e. The second-order valence-electron chi connectivity index (χ2n) is 3.98. The molecule has 0 saturated heterocycles. The molecule has 6 heteroatoms. The van der Waals surface area contributed by atoms with Crippen LogP contribution in [0.2, 0.25) is 0 Å². The lowest BCUT2D eigenvalue weighted by molar-refractivity contribution is -0.138. The van der Waals surface area contributed by atoms with Crippen molar-refractivity contribution in [1.82, 2.24) is 5.32 Å². The van der Waals surface area contributed by atoms with E-state index in [1.807, 2.05) is 0 Å². The molecule has 0 aliphatic rings. The molecular formula is C14H16F3NO2. The summed E-state index contributed by atoms with van der Waals surface area (Å²) in [6.45, 7) is 2.67. The molecule has 20 heavy (non-hydrogen) atoms.